The first-order valence-electron chi connectivity index (χ1n) is 6.06. The van der Waals surface area contributed by atoms with E-state index in [-0.39, 0.29) is 42.9 Å². The van der Waals surface area contributed by atoms with Gasteiger partial charge in [-0.1, -0.05) is 40.0 Å². The Morgan fingerprint density at radius 2 is 1.69 bits per heavy atom. The summed E-state index contributed by atoms with van der Waals surface area (Å²) in [4.78, 5) is 0. The van der Waals surface area contributed by atoms with Crippen molar-refractivity contribution in [1.82, 2.24) is 0 Å². The van der Waals surface area contributed by atoms with Crippen LogP contribution < -0.4 is 0 Å². The van der Waals surface area contributed by atoms with Crippen LogP contribution in [0.3, 0.4) is 0 Å². The standard InChI is InChI=1S/C14H26S.Y/c1-6-13(4)10-12(2,3)8-7-9-14(5,15)11-13;/h6,15H,4,7-11H2,1-3,5H3;/q-2;. The molecule has 0 bridgehead atoms. The van der Waals surface area contributed by atoms with Crippen LogP contribution >= 0.6 is 12.6 Å². The molecule has 0 heterocycles. The molecule has 93 valence electrons. The molecule has 1 aliphatic rings. The number of hydrogen-bond donors (Lipinski definition) is 1. The first-order chi connectivity index (χ1) is 6.68. The van der Waals surface area contributed by atoms with E-state index < -0.39 is 0 Å². The molecule has 2 atom stereocenters. The van der Waals surface area contributed by atoms with Crippen LogP contribution in [-0.2, 0) is 32.7 Å². The summed E-state index contributed by atoms with van der Waals surface area (Å²) in [5.74, 6) is 0. The summed E-state index contributed by atoms with van der Waals surface area (Å²) >= 11 is 4.80. The van der Waals surface area contributed by atoms with Gasteiger partial charge in [0.2, 0.25) is 0 Å². The smallest absolute Gasteiger partial charge is 0.00593 e. The van der Waals surface area contributed by atoms with Gasteiger partial charge in [0.25, 0.3) is 0 Å². The summed E-state index contributed by atoms with van der Waals surface area (Å²) in [7, 11) is 0. The van der Waals surface area contributed by atoms with Crippen molar-refractivity contribution in [3.05, 3.63) is 13.3 Å². The molecule has 0 aliphatic heterocycles. The van der Waals surface area contributed by atoms with E-state index in [0.717, 1.165) is 6.42 Å². The second-order valence-electron chi connectivity index (χ2n) is 6.52. The zero-order chi connectivity index (χ0) is 11.7. The average molecular weight is 315 g/mol. The predicted octanol–water partition coefficient (Wildman–Crippen LogP) is 4.71. The average Bonchev–Trinajstić information content (AvgIpc) is 1.98. The minimum atomic E-state index is 0. The molecule has 0 saturated heterocycles. The Hall–Kier alpha value is 1.45. The fourth-order valence-corrected chi connectivity index (χ4v) is 3.58. The summed E-state index contributed by atoms with van der Waals surface area (Å²) in [6.07, 6.45) is 8.38. The minimum absolute atomic E-state index is 0. The molecule has 1 aliphatic carbocycles. The predicted molar refractivity (Wildman–Crippen MR) is 72.0 cm³/mol. The Labute approximate surface area is 133 Å². The van der Waals surface area contributed by atoms with Gasteiger partial charge in [-0.2, -0.15) is 19.6 Å². The van der Waals surface area contributed by atoms with Crippen molar-refractivity contribution >= 4 is 12.6 Å². The van der Waals surface area contributed by atoms with Gasteiger partial charge in [-0.3, -0.25) is 5.41 Å². The van der Waals surface area contributed by atoms with Crippen molar-refractivity contribution in [2.24, 2.45) is 10.8 Å². The maximum absolute atomic E-state index is 4.80. The third kappa shape index (κ3) is 5.40. The van der Waals surface area contributed by atoms with Crippen molar-refractivity contribution in [1.29, 1.82) is 0 Å². The Morgan fingerprint density at radius 1 is 1.12 bits per heavy atom. The van der Waals surface area contributed by atoms with Gasteiger partial charge >= 0.3 is 0 Å². The zero-order valence-corrected chi connectivity index (χ0v) is 15.1. The van der Waals surface area contributed by atoms with Crippen LogP contribution in [0.15, 0.2) is 0 Å². The largest absolute Gasteiger partial charge is 0.366 e. The monoisotopic (exact) mass is 315 g/mol. The maximum atomic E-state index is 4.80. The summed E-state index contributed by atoms with van der Waals surface area (Å²) in [5.41, 5.74) is 0.541. The first-order valence-corrected chi connectivity index (χ1v) is 6.51. The van der Waals surface area contributed by atoms with Crippen molar-refractivity contribution in [2.45, 2.75) is 64.5 Å². The topological polar surface area (TPSA) is 0 Å². The number of hydrogen-bond acceptors (Lipinski definition) is 1. The van der Waals surface area contributed by atoms with Crippen molar-refractivity contribution in [2.75, 3.05) is 0 Å². The summed E-state index contributed by atoms with van der Waals surface area (Å²) in [5, 5.41) is 0. The van der Waals surface area contributed by atoms with Gasteiger partial charge in [0.05, 0.1) is 0 Å². The van der Waals surface area contributed by atoms with Crippen LogP contribution in [-0.4, -0.2) is 4.75 Å². The fourth-order valence-electron chi connectivity index (χ4n) is 3.10. The third-order valence-corrected chi connectivity index (χ3v) is 4.13. The van der Waals surface area contributed by atoms with Gasteiger partial charge in [-0.05, 0) is 18.3 Å². The molecule has 0 amide bonds. The van der Waals surface area contributed by atoms with Crippen molar-refractivity contribution in [3.63, 3.8) is 0 Å². The van der Waals surface area contributed by atoms with E-state index in [4.69, 9.17) is 12.6 Å². The van der Waals surface area contributed by atoms with Crippen LogP contribution in [0.2, 0.25) is 0 Å². The van der Waals surface area contributed by atoms with E-state index in [2.05, 4.69) is 41.0 Å². The fraction of sp³-hybridized carbons (Fsp3) is 0.857. The van der Waals surface area contributed by atoms with Crippen LogP contribution in [0.1, 0.15) is 59.8 Å². The summed E-state index contributed by atoms with van der Waals surface area (Å²) in [6, 6.07) is 0. The molecule has 0 N–H and O–H groups in total. The van der Waals surface area contributed by atoms with Crippen molar-refractivity contribution in [3.8, 4) is 0 Å². The Morgan fingerprint density at radius 3 is 2.19 bits per heavy atom. The molecule has 0 aromatic rings. The maximum Gasteiger partial charge on any atom is 0.00593 e. The van der Waals surface area contributed by atoms with E-state index in [1.807, 2.05) is 0 Å². The van der Waals surface area contributed by atoms with E-state index >= 15 is 0 Å². The number of rotatable bonds is 1. The van der Waals surface area contributed by atoms with Gasteiger partial charge in [-0.15, -0.1) is 0 Å². The quantitative estimate of drug-likeness (QED) is 0.526. The van der Waals surface area contributed by atoms with Gasteiger partial charge in [0.15, 0.2) is 0 Å². The molecule has 2 unspecified atom stereocenters. The number of thiol groups is 1. The molecule has 0 aromatic carbocycles. The van der Waals surface area contributed by atoms with Gasteiger partial charge in [0, 0.05) is 37.5 Å². The normalized spacial score (nSPS) is 39.4. The van der Waals surface area contributed by atoms with E-state index in [1.54, 1.807) is 0 Å². The third-order valence-electron chi connectivity index (χ3n) is 3.74. The Kier molecular flexibility index (Phi) is 6.62. The molecule has 16 heavy (non-hydrogen) atoms. The molecule has 0 spiro atoms. The van der Waals surface area contributed by atoms with Crippen LogP contribution in [0.25, 0.3) is 0 Å². The molecule has 0 nitrogen and oxygen atoms in total. The van der Waals surface area contributed by atoms with Gasteiger partial charge < -0.3 is 13.3 Å². The van der Waals surface area contributed by atoms with Gasteiger partial charge in [0.1, 0.15) is 0 Å². The summed E-state index contributed by atoms with van der Waals surface area (Å²) < 4.78 is 0.157. The SMILES string of the molecule is [CH2-]C1([CH-]C)CC(C)(C)CCCC(C)(S)C1.[Y]. The second-order valence-corrected chi connectivity index (χ2v) is 7.60. The minimum Gasteiger partial charge on any atom is -0.366 e. The van der Waals surface area contributed by atoms with Crippen LogP contribution in [0.5, 0.6) is 0 Å². The van der Waals surface area contributed by atoms with Crippen molar-refractivity contribution < 1.29 is 32.7 Å². The molecule has 1 saturated carbocycles. The van der Waals surface area contributed by atoms with Crippen LogP contribution in [0, 0.1) is 24.2 Å². The van der Waals surface area contributed by atoms with E-state index in [0.29, 0.717) is 5.41 Å². The first kappa shape index (κ1) is 17.5. The molecule has 2 heteroatoms. The molecule has 1 rings (SSSR count). The van der Waals surface area contributed by atoms with E-state index in [9.17, 15) is 0 Å². The molecular weight excluding hydrogens is 289 g/mol. The Bertz CT molecular complexity index is 203. The molecular formula is C14H26SY-2. The zero-order valence-electron chi connectivity index (χ0n) is 11.3. The van der Waals surface area contributed by atoms with Crippen LogP contribution in [0.4, 0.5) is 0 Å². The summed E-state index contributed by atoms with van der Waals surface area (Å²) in [6.45, 7) is 13.6. The second kappa shape index (κ2) is 6.07. The molecule has 0 aromatic heterocycles. The Balaban J connectivity index is 0.00000225. The molecule has 1 radical (unpaired) electrons. The van der Waals surface area contributed by atoms with Gasteiger partial charge in [-0.25, -0.2) is 0 Å². The van der Waals surface area contributed by atoms with E-state index in [1.165, 1.54) is 25.7 Å². The molecule has 1 fully saturated rings.